The van der Waals surface area contributed by atoms with E-state index in [0.29, 0.717) is 6.61 Å². The van der Waals surface area contributed by atoms with E-state index in [1.54, 1.807) is 0 Å². The average Bonchev–Trinajstić information content (AvgIpc) is 2.40. The standard InChI is InChI=1S/C16H14O/c1-2-17-16-12-10-15(11-13-16)9-8-14-6-4-3-5-7-14/h3-7,10-13H,2H2,1H3. The van der Waals surface area contributed by atoms with E-state index in [2.05, 4.69) is 11.8 Å². The maximum atomic E-state index is 5.38. The molecule has 2 aromatic rings. The van der Waals surface area contributed by atoms with Crippen molar-refractivity contribution in [1.82, 2.24) is 0 Å². The van der Waals surface area contributed by atoms with E-state index in [0.717, 1.165) is 16.9 Å². The second kappa shape index (κ2) is 5.77. The topological polar surface area (TPSA) is 9.23 Å². The van der Waals surface area contributed by atoms with Gasteiger partial charge in [0.2, 0.25) is 0 Å². The van der Waals surface area contributed by atoms with E-state index in [9.17, 15) is 0 Å². The van der Waals surface area contributed by atoms with Crippen LogP contribution in [0.3, 0.4) is 0 Å². The van der Waals surface area contributed by atoms with Crippen LogP contribution in [0.15, 0.2) is 54.6 Å². The normalized spacial score (nSPS) is 9.24. The molecule has 0 amide bonds. The lowest BCUT2D eigenvalue weighted by Gasteiger charge is -2.01. The summed E-state index contributed by atoms with van der Waals surface area (Å²) in [6.45, 7) is 2.66. The first-order valence-corrected chi connectivity index (χ1v) is 5.68. The zero-order valence-electron chi connectivity index (χ0n) is 9.81. The van der Waals surface area contributed by atoms with E-state index < -0.39 is 0 Å². The van der Waals surface area contributed by atoms with E-state index in [1.165, 1.54) is 0 Å². The van der Waals surface area contributed by atoms with Crippen molar-refractivity contribution in [3.63, 3.8) is 0 Å². The molecule has 84 valence electrons. The fraction of sp³-hybridized carbons (Fsp3) is 0.125. The molecule has 2 aromatic carbocycles. The summed E-state index contributed by atoms with van der Waals surface area (Å²) in [5.41, 5.74) is 2.03. The summed E-state index contributed by atoms with van der Waals surface area (Å²) in [4.78, 5) is 0. The molecule has 0 unspecified atom stereocenters. The SMILES string of the molecule is CCOc1ccc(C#Cc2ccccc2)cc1. The molecule has 0 atom stereocenters. The van der Waals surface area contributed by atoms with Crippen LogP contribution in [-0.4, -0.2) is 6.61 Å². The number of ether oxygens (including phenoxy) is 1. The van der Waals surface area contributed by atoms with Gasteiger partial charge in [-0.25, -0.2) is 0 Å². The predicted molar refractivity (Wildman–Crippen MR) is 70.0 cm³/mol. The molecule has 0 radical (unpaired) electrons. The highest BCUT2D eigenvalue weighted by molar-refractivity contribution is 5.44. The summed E-state index contributed by atoms with van der Waals surface area (Å²) in [6, 6.07) is 17.8. The highest BCUT2D eigenvalue weighted by Crippen LogP contribution is 2.11. The first-order chi connectivity index (χ1) is 8.38. The van der Waals surface area contributed by atoms with Crippen LogP contribution in [0, 0.1) is 11.8 Å². The third kappa shape index (κ3) is 3.39. The fourth-order valence-corrected chi connectivity index (χ4v) is 1.47. The molecule has 0 heterocycles. The summed E-state index contributed by atoms with van der Waals surface area (Å²) in [6.07, 6.45) is 0. The van der Waals surface area contributed by atoms with Gasteiger partial charge >= 0.3 is 0 Å². The molecule has 1 heteroatoms. The van der Waals surface area contributed by atoms with Gasteiger partial charge in [0.1, 0.15) is 5.75 Å². The Labute approximate surface area is 102 Å². The van der Waals surface area contributed by atoms with E-state index in [4.69, 9.17) is 4.74 Å². The predicted octanol–water partition coefficient (Wildman–Crippen LogP) is 3.49. The van der Waals surface area contributed by atoms with Crippen molar-refractivity contribution in [2.45, 2.75) is 6.92 Å². The Morgan fingerprint density at radius 2 is 1.41 bits per heavy atom. The molecule has 0 N–H and O–H groups in total. The van der Waals surface area contributed by atoms with Crippen LogP contribution in [0.25, 0.3) is 0 Å². The monoisotopic (exact) mass is 222 g/mol. The summed E-state index contributed by atoms with van der Waals surface area (Å²) in [5.74, 6) is 7.13. The van der Waals surface area contributed by atoms with Crippen molar-refractivity contribution >= 4 is 0 Å². The smallest absolute Gasteiger partial charge is 0.119 e. The van der Waals surface area contributed by atoms with Crippen LogP contribution in [0.1, 0.15) is 18.1 Å². The lowest BCUT2D eigenvalue weighted by molar-refractivity contribution is 0.340. The Kier molecular flexibility index (Phi) is 3.83. The van der Waals surface area contributed by atoms with Crippen molar-refractivity contribution in [1.29, 1.82) is 0 Å². The number of rotatable bonds is 2. The van der Waals surface area contributed by atoms with Gasteiger partial charge in [0.15, 0.2) is 0 Å². The molecule has 1 nitrogen and oxygen atoms in total. The minimum absolute atomic E-state index is 0.690. The third-order valence-electron chi connectivity index (χ3n) is 2.29. The minimum Gasteiger partial charge on any atom is -0.494 e. The van der Waals surface area contributed by atoms with Crippen LogP contribution < -0.4 is 4.74 Å². The van der Waals surface area contributed by atoms with Gasteiger partial charge in [-0.15, -0.1) is 0 Å². The Bertz CT molecular complexity index is 515. The van der Waals surface area contributed by atoms with Gasteiger partial charge in [-0.3, -0.25) is 0 Å². The van der Waals surface area contributed by atoms with Crippen LogP contribution in [0.2, 0.25) is 0 Å². The van der Waals surface area contributed by atoms with Gasteiger partial charge in [0.05, 0.1) is 6.61 Å². The molecule has 17 heavy (non-hydrogen) atoms. The molecule has 0 aliphatic heterocycles. The molecule has 0 aliphatic rings. The van der Waals surface area contributed by atoms with E-state index in [-0.39, 0.29) is 0 Å². The molecule has 0 aromatic heterocycles. The van der Waals surface area contributed by atoms with E-state index >= 15 is 0 Å². The minimum atomic E-state index is 0.690. The van der Waals surface area contributed by atoms with Crippen molar-refractivity contribution in [2.24, 2.45) is 0 Å². The summed E-state index contributed by atoms with van der Waals surface area (Å²) in [5, 5.41) is 0. The molecule has 2 rings (SSSR count). The van der Waals surface area contributed by atoms with E-state index in [1.807, 2.05) is 61.5 Å². The van der Waals surface area contributed by atoms with Crippen LogP contribution in [-0.2, 0) is 0 Å². The molecule has 0 fully saturated rings. The molecule has 0 bridgehead atoms. The van der Waals surface area contributed by atoms with Crippen molar-refractivity contribution < 1.29 is 4.74 Å². The van der Waals surface area contributed by atoms with Gasteiger partial charge in [-0.1, -0.05) is 30.0 Å². The van der Waals surface area contributed by atoms with Gasteiger partial charge in [0, 0.05) is 11.1 Å². The Morgan fingerprint density at radius 1 is 0.824 bits per heavy atom. The first kappa shape index (κ1) is 11.3. The molecular weight excluding hydrogens is 208 g/mol. The van der Waals surface area contributed by atoms with Gasteiger partial charge in [-0.2, -0.15) is 0 Å². The summed E-state index contributed by atoms with van der Waals surface area (Å²) >= 11 is 0. The lowest BCUT2D eigenvalue weighted by atomic mass is 10.2. The van der Waals surface area contributed by atoms with Crippen molar-refractivity contribution in [3.05, 3.63) is 65.7 Å². The first-order valence-electron chi connectivity index (χ1n) is 5.68. The average molecular weight is 222 g/mol. The Balaban J connectivity index is 2.12. The Hall–Kier alpha value is -2.20. The Morgan fingerprint density at radius 3 is 2.00 bits per heavy atom. The third-order valence-corrected chi connectivity index (χ3v) is 2.29. The van der Waals surface area contributed by atoms with Gasteiger partial charge < -0.3 is 4.74 Å². The second-order valence-corrected chi connectivity index (χ2v) is 3.57. The highest BCUT2D eigenvalue weighted by atomic mass is 16.5. The quantitative estimate of drug-likeness (QED) is 0.707. The summed E-state index contributed by atoms with van der Waals surface area (Å²) < 4.78 is 5.38. The van der Waals surface area contributed by atoms with Crippen LogP contribution in [0.4, 0.5) is 0 Å². The van der Waals surface area contributed by atoms with Crippen molar-refractivity contribution in [2.75, 3.05) is 6.61 Å². The maximum absolute atomic E-state index is 5.38. The number of benzene rings is 2. The summed E-state index contributed by atoms with van der Waals surface area (Å²) in [7, 11) is 0. The molecule has 0 spiro atoms. The fourth-order valence-electron chi connectivity index (χ4n) is 1.47. The molecule has 0 saturated heterocycles. The largest absolute Gasteiger partial charge is 0.494 e. The number of hydrogen-bond acceptors (Lipinski definition) is 1. The second-order valence-electron chi connectivity index (χ2n) is 3.57. The van der Waals surface area contributed by atoms with Crippen LogP contribution in [0.5, 0.6) is 5.75 Å². The van der Waals surface area contributed by atoms with Gasteiger partial charge in [-0.05, 0) is 43.3 Å². The molecular formula is C16H14O. The van der Waals surface area contributed by atoms with Crippen LogP contribution >= 0.6 is 0 Å². The van der Waals surface area contributed by atoms with Crippen molar-refractivity contribution in [3.8, 4) is 17.6 Å². The zero-order valence-corrected chi connectivity index (χ0v) is 9.81. The number of hydrogen-bond donors (Lipinski definition) is 0. The highest BCUT2D eigenvalue weighted by Gasteiger charge is 1.91. The lowest BCUT2D eigenvalue weighted by Crippen LogP contribution is -1.90. The maximum Gasteiger partial charge on any atom is 0.119 e. The molecule has 0 aliphatic carbocycles. The van der Waals surface area contributed by atoms with Gasteiger partial charge in [0.25, 0.3) is 0 Å². The molecule has 0 saturated carbocycles. The zero-order chi connectivity index (χ0) is 11.9.